The molecule has 4 rings (SSSR count). The molecule has 1 amide bonds. The highest BCUT2D eigenvalue weighted by atomic mass is 35.5. The van der Waals surface area contributed by atoms with Crippen LogP contribution in [-0.2, 0) is 11.2 Å². The van der Waals surface area contributed by atoms with E-state index in [2.05, 4.69) is 34.3 Å². The second-order valence-electron chi connectivity index (χ2n) is 6.86. The van der Waals surface area contributed by atoms with Gasteiger partial charge in [-0.2, -0.15) is 0 Å². The molecule has 0 saturated carbocycles. The molecule has 0 bridgehead atoms. The number of likely N-dealkylation sites (N-methyl/N-ethyl adjacent to an activating group) is 1. The van der Waals surface area contributed by atoms with Crippen LogP contribution in [0.15, 0.2) is 47.4 Å². The number of hydrogen-bond acceptors (Lipinski definition) is 4. The van der Waals surface area contributed by atoms with Crippen molar-refractivity contribution in [3.63, 3.8) is 0 Å². The number of amides is 1. The summed E-state index contributed by atoms with van der Waals surface area (Å²) in [5.74, 6) is 0.0452. The highest BCUT2D eigenvalue weighted by Crippen LogP contribution is 2.38. The molecule has 0 aromatic heterocycles. The van der Waals surface area contributed by atoms with Crippen molar-refractivity contribution in [2.24, 2.45) is 0 Å². The van der Waals surface area contributed by atoms with Gasteiger partial charge in [0.05, 0.1) is 16.6 Å². The first-order valence-corrected chi connectivity index (χ1v) is 10.1. The Balaban J connectivity index is 1.51. The van der Waals surface area contributed by atoms with Crippen LogP contribution < -0.4 is 10.2 Å². The molecule has 2 aliphatic rings. The lowest BCUT2D eigenvalue weighted by atomic mass is 10.1. The predicted molar refractivity (Wildman–Crippen MR) is 110 cm³/mol. The van der Waals surface area contributed by atoms with Crippen molar-refractivity contribution in [1.82, 2.24) is 4.90 Å². The number of carbonyl (C=O) groups excluding carboxylic acids is 1. The van der Waals surface area contributed by atoms with Gasteiger partial charge < -0.3 is 15.1 Å². The smallest absolute Gasteiger partial charge is 0.238 e. The van der Waals surface area contributed by atoms with E-state index >= 15 is 0 Å². The number of rotatable bonds is 3. The van der Waals surface area contributed by atoms with Crippen LogP contribution in [0.1, 0.15) is 5.56 Å². The molecule has 0 radical (unpaired) electrons. The van der Waals surface area contributed by atoms with E-state index in [1.165, 1.54) is 10.5 Å². The van der Waals surface area contributed by atoms with Crippen LogP contribution in [0.3, 0.4) is 0 Å². The quantitative estimate of drug-likeness (QED) is 0.870. The topological polar surface area (TPSA) is 35.6 Å². The third kappa shape index (κ3) is 3.70. The largest absolute Gasteiger partial charge is 0.367 e. The van der Waals surface area contributed by atoms with Crippen molar-refractivity contribution < 1.29 is 4.79 Å². The SMILES string of the molecule is CN1CCN(c2ccc(Cl)cc2NC(=O)C2Cc3ccccc3S2)CC1. The fraction of sp³-hybridized carbons (Fsp3) is 0.350. The summed E-state index contributed by atoms with van der Waals surface area (Å²) in [6, 6.07) is 14.0. The second kappa shape index (κ2) is 7.51. The lowest BCUT2D eigenvalue weighted by Crippen LogP contribution is -2.44. The van der Waals surface area contributed by atoms with E-state index in [4.69, 9.17) is 11.6 Å². The Hall–Kier alpha value is -1.69. The maximum Gasteiger partial charge on any atom is 0.238 e. The van der Waals surface area contributed by atoms with Crippen LogP contribution in [0.25, 0.3) is 0 Å². The van der Waals surface area contributed by atoms with Crippen molar-refractivity contribution in [3.8, 4) is 0 Å². The fourth-order valence-corrected chi connectivity index (χ4v) is 4.84. The molecule has 1 fully saturated rings. The summed E-state index contributed by atoms with van der Waals surface area (Å²) in [6.07, 6.45) is 0.775. The number of nitrogens with zero attached hydrogens (tertiary/aromatic N) is 2. The Kier molecular flexibility index (Phi) is 5.11. The van der Waals surface area contributed by atoms with Gasteiger partial charge in [0, 0.05) is 36.1 Å². The molecule has 1 unspecified atom stereocenters. The third-order valence-corrected chi connectivity index (χ3v) is 6.55. The monoisotopic (exact) mass is 387 g/mol. The number of anilines is 2. The highest BCUT2D eigenvalue weighted by Gasteiger charge is 2.29. The minimum Gasteiger partial charge on any atom is -0.367 e. The number of nitrogens with one attached hydrogen (secondary N) is 1. The Morgan fingerprint density at radius 2 is 1.92 bits per heavy atom. The van der Waals surface area contributed by atoms with E-state index in [9.17, 15) is 4.79 Å². The van der Waals surface area contributed by atoms with Gasteiger partial charge in [0.2, 0.25) is 5.91 Å². The Labute approximate surface area is 163 Å². The van der Waals surface area contributed by atoms with E-state index in [0.717, 1.165) is 44.0 Å². The number of hydrogen-bond donors (Lipinski definition) is 1. The molecule has 2 aromatic rings. The van der Waals surface area contributed by atoms with Crippen LogP contribution in [0.5, 0.6) is 0 Å². The molecular formula is C20H22ClN3OS. The van der Waals surface area contributed by atoms with E-state index < -0.39 is 0 Å². The second-order valence-corrected chi connectivity index (χ2v) is 8.54. The van der Waals surface area contributed by atoms with E-state index in [1.54, 1.807) is 11.8 Å². The summed E-state index contributed by atoms with van der Waals surface area (Å²) < 4.78 is 0. The van der Waals surface area contributed by atoms with Gasteiger partial charge in [-0.15, -0.1) is 11.8 Å². The minimum absolute atomic E-state index is 0.0452. The van der Waals surface area contributed by atoms with Gasteiger partial charge in [0.1, 0.15) is 0 Å². The number of thioether (sulfide) groups is 1. The lowest BCUT2D eigenvalue weighted by molar-refractivity contribution is -0.115. The number of benzene rings is 2. The van der Waals surface area contributed by atoms with Crippen molar-refractivity contribution in [2.45, 2.75) is 16.6 Å². The summed E-state index contributed by atoms with van der Waals surface area (Å²) in [5.41, 5.74) is 3.11. The molecular weight excluding hydrogens is 366 g/mol. The molecule has 1 atom stereocenters. The first-order valence-electron chi connectivity index (χ1n) is 8.88. The van der Waals surface area contributed by atoms with Crippen molar-refractivity contribution in [2.75, 3.05) is 43.4 Å². The zero-order chi connectivity index (χ0) is 18.1. The Bertz CT molecular complexity index is 795. The van der Waals surface area contributed by atoms with Crippen molar-refractivity contribution >= 4 is 40.6 Å². The van der Waals surface area contributed by atoms with Gasteiger partial charge in [-0.3, -0.25) is 4.79 Å². The molecule has 0 aliphatic carbocycles. The summed E-state index contributed by atoms with van der Waals surface area (Å²) in [7, 11) is 2.14. The van der Waals surface area contributed by atoms with Gasteiger partial charge in [-0.1, -0.05) is 29.8 Å². The minimum atomic E-state index is -0.0910. The fourth-order valence-electron chi connectivity index (χ4n) is 3.47. The van der Waals surface area contributed by atoms with Gasteiger partial charge in [0.25, 0.3) is 0 Å². The summed E-state index contributed by atoms with van der Waals surface area (Å²) in [6.45, 7) is 3.93. The van der Waals surface area contributed by atoms with Crippen LogP contribution in [0.4, 0.5) is 11.4 Å². The van der Waals surface area contributed by atoms with Crippen LogP contribution >= 0.6 is 23.4 Å². The van der Waals surface area contributed by atoms with Gasteiger partial charge in [0.15, 0.2) is 0 Å². The number of fused-ring (bicyclic) bond motifs is 1. The van der Waals surface area contributed by atoms with Gasteiger partial charge in [-0.25, -0.2) is 0 Å². The molecule has 1 N–H and O–H groups in total. The molecule has 26 heavy (non-hydrogen) atoms. The van der Waals surface area contributed by atoms with E-state index in [0.29, 0.717) is 5.02 Å². The van der Waals surface area contributed by atoms with E-state index in [-0.39, 0.29) is 11.2 Å². The third-order valence-electron chi connectivity index (χ3n) is 5.00. The maximum atomic E-state index is 12.9. The summed E-state index contributed by atoms with van der Waals surface area (Å²) in [5, 5.41) is 3.69. The van der Waals surface area contributed by atoms with Crippen molar-refractivity contribution in [3.05, 3.63) is 53.1 Å². The van der Waals surface area contributed by atoms with Crippen LogP contribution in [0, 0.1) is 0 Å². The molecule has 136 valence electrons. The number of halogens is 1. The summed E-state index contributed by atoms with van der Waals surface area (Å²) >= 11 is 7.86. The number of carbonyl (C=O) groups is 1. The molecule has 2 heterocycles. The zero-order valence-electron chi connectivity index (χ0n) is 14.7. The molecule has 2 aliphatic heterocycles. The molecule has 2 aromatic carbocycles. The van der Waals surface area contributed by atoms with Crippen LogP contribution in [-0.4, -0.2) is 49.3 Å². The van der Waals surface area contributed by atoms with E-state index in [1.807, 2.05) is 30.3 Å². The number of piperazine rings is 1. The maximum absolute atomic E-state index is 12.9. The first kappa shape index (κ1) is 17.7. The summed E-state index contributed by atoms with van der Waals surface area (Å²) in [4.78, 5) is 18.7. The highest BCUT2D eigenvalue weighted by molar-refractivity contribution is 8.01. The van der Waals surface area contributed by atoms with Gasteiger partial charge in [-0.05, 0) is 43.3 Å². The zero-order valence-corrected chi connectivity index (χ0v) is 16.3. The average Bonchev–Trinajstić information content (AvgIpc) is 3.07. The average molecular weight is 388 g/mol. The Morgan fingerprint density at radius 3 is 2.69 bits per heavy atom. The standard InChI is InChI=1S/C20H22ClN3OS/c1-23-8-10-24(11-9-23)17-7-6-15(21)13-16(17)22-20(25)19-12-14-4-2-3-5-18(14)26-19/h2-7,13,19H,8-12H2,1H3,(H,22,25). The van der Waals surface area contributed by atoms with Crippen LogP contribution in [0.2, 0.25) is 5.02 Å². The predicted octanol–water partition coefficient (Wildman–Crippen LogP) is 3.75. The lowest BCUT2D eigenvalue weighted by Gasteiger charge is -2.35. The molecule has 0 spiro atoms. The molecule has 6 heteroatoms. The molecule has 4 nitrogen and oxygen atoms in total. The molecule has 1 saturated heterocycles. The normalized spacial score (nSPS) is 20.1. The Morgan fingerprint density at radius 1 is 1.15 bits per heavy atom. The van der Waals surface area contributed by atoms with Gasteiger partial charge >= 0.3 is 0 Å². The first-order chi connectivity index (χ1) is 12.6. The van der Waals surface area contributed by atoms with Crippen molar-refractivity contribution in [1.29, 1.82) is 0 Å².